The molecular formula is C10H19N. The summed E-state index contributed by atoms with van der Waals surface area (Å²) < 4.78 is 0. The molecule has 11 heavy (non-hydrogen) atoms. The van der Waals surface area contributed by atoms with Gasteiger partial charge in [0.25, 0.3) is 0 Å². The molecule has 2 atom stereocenters. The first-order chi connectivity index (χ1) is 5.25. The summed E-state index contributed by atoms with van der Waals surface area (Å²) in [6.45, 7) is 5.43. The lowest BCUT2D eigenvalue weighted by Crippen LogP contribution is -2.09. The average molecular weight is 153 g/mol. The number of hydrogen-bond donors (Lipinski definition) is 1. The standard InChI is InChI=1S/C10H19N/c1-8-5-6-10(9(8)2)4-3-7-11/h5,9-10H,3-4,6-7,11H2,1-2H3. The third-order valence-electron chi connectivity index (χ3n) is 2.95. The second-order valence-corrected chi connectivity index (χ2v) is 3.66. The third-order valence-corrected chi connectivity index (χ3v) is 2.95. The summed E-state index contributed by atoms with van der Waals surface area (Å²) in [4.78, 5) is 0. The van der Waals surface area contributed by atoms with E-state index in [1.807, 2.05) is 0 Å². The Morgan fingerprint density at radius 2 is 2.36 bits per heavy atom. The maximum absolute atomic E-state index is 5.47. The summed E-state index contributed by atoms with van der Waals surface area (Å²) in [7, 11) is 0. The lowest BCUT2D eigenvalue weighted by molar-refractivity contribution is 0.400. The van der Waals surface area contributed by atoms with E-state index in [0.29, 0.717) is 0 Å². The summed E-state index contributed by atoms with van der Waals surface area (Å²) in [5.41, 5.74) is 7.05. The molecule has 0 aromatic rings. The minimum Gasteiger partial charge on any atom is -0.330 e. The molecule has 0 aromatic heterocycles. The van der Waals surface area contributed by atoms with Crippen LogP contribution in [-0.4, -0.2) is 6.54 Å². The number of rotatable bonds is 3. The Kier molecular flexibility index (Phi) is 3.13. The molecule has 1 heteroatoms. The van der Waals surface area contributed by atoms with Crippen molar-refractivity contribution in [1.82, 2.24) is 0 Å². The van der Waals surface area contributed by atoms with Crippen molar-refractivity contribution in [2.75, 3.05) is 6.54 Å². The molecule has 0 aromatic carbocycles. The van der Waals surface area contributed by atoms with Crippen LogP contribution >= 0.6 is 0 Å². The molecule has 0 amide bonds. The number of nitrogens with two attached hydrogens (primary N) is 1. The Morgan fingerprint density at radius 1 is 1.64 bits per heavy atom. The van der Waals surface area contributed by atoms with Gasteiger partial charge in [-0.1, -0.05) is 18.6 Å². The molecule has 0 radical (unpaired) electrons. The third kappa shape index (κ3) is 2.06. The van der Waals surface area contributed by atoms with Gasteiger partial charge in [-0.3, -0.25) is 0 Å². The topological polar surface area (TPSA) is 26.0 Å². The molecule has 0 saturated heterocycles. The summed E-state index contributed by atoms with van der Waals surface area (Å²) in [6, 6.07) is 0. The first kappa shape index (κ1) is 8.79. The van der Waals surface area contributed by atoms with E-state index in [1.165, 1.54) is 19.3 Å². The van der Waals surface area contributed by atoms with Gasteiger partial charge in [-0.25, -0.2) is 0 Å². The van der Waals surface area contributed by atoms with Crippen LogP contribution in [0.15, 0.2) is 11.6 Å². The van der Waals surface area contributed by atoms with Gasteiger partial charge in [0.15, 0.2) is 0 Å². The zero-order valence-corrected chi connectivity index (χ0v) is 7.64. The SMILES string of the molecule is CC1=CCC(CCCN)C1C. The summed E-state index contributed by atoms with van der Waals surface area (Å²) in [5.74, 6) is 1.69. The van der Waals surface area contributed by atoms with E-state index in [-0.39, 0.29) is 0 Å². The van der Waals surface area contributed by atoms with Crippen molar-refractivity contribution in [3.05, 3.63) is 11.6 Å². The zero-order valence-electron chi connectivity index (χ0n) is 7.64. The number of allylic oxidation sites excluding steroid dienone is 2. The van der Waals surface area contributed by atoms with Crippen LogP contribution < -0.4 is 5.73 Å². The van der Waals surface area contributed by atoms with Gasteiger partial charge in [-0.2, -0.15) is 0 Å². The Bertz CT molecular complexity index is 149. The molecule has 64 valence electrons. The Balaban J connectivity index is 2.29. The average Bonchev–Trinajstić information content (AvgIpc) is 2.31. The minimum atomic E-state index is 0.807. The summed E-state index contributed by atoms with van der Waals surface area (Å²) in [5, 5.41) is 0. The van der Waals surface area contributed by atoms with E-state index >= 15 is 0 Å². The van der Waals surface area contributed by atoms with Crippen molar-refractivity contribution in [3.63, 3.8) is 0 Å². The smallest absolute Gasteiger partial charge is 0.00772 e. The molecule has 2 unspecified atom stereocenters. The van der Waals surface area contributed by atoms with Crippen molar-refractivity contribution in [3.8, 4) is 0 Å². The highest BCUT2D eigenvalue weighted by molar-refractivity contribution is 5.11. The predicted octanol–water partition coefficient (Wildman–Crippen LogP) is 2.33. The van der Waals surface area contributed by atoms with E-state index in [1.54, 1.807) is 5.57 Å². The molecule has 1 aliphatic carbocycles. The normalized spacial score (nSPS) is 30.6. The van der Waals surface area contributed by atoms with Gasteiger partial charge < -0.3 is 5.73 Å². The van der Waals surface area contributed by atoms with E-state index in [9.17, 15) is 0 Å². The van der Waals surface area contributed by atoms with Gasteiger partial charge in [-0.05, 0) is 44.6 Å². The van der Waals surface area contributed by atoms with Gasteiger partial charge in [-0.15, -0.1) is 0 Å². The fourth-order valence-electron chi connectivity index (χ4n) is 1.85. The Hall–Kier alpha value is -0.300. The zero-order chi connectivity index (χ0) is 8.27. The van der Waals surface area contributed by atoms with Gasteiger partial charge in [0, 0.05) is 0 Å². The summed E-state index contributed by atoms with van der Waals surface area (Å²) in [6.07, 6.45) is 6.17. The lowest BCUT2D eigenvalue weighted by atomic mass is 9.90. The van der Waals surface area contributed by atoms with Crippen molar-refractivity contribution in [2.24, 2.45) is 17.6 Å². The Labute approximate surface area is 69.7 Å². The van der Waals surface area contributed by atoms with Crippen LogP contribution in [-0.2, 0) is 0 Å². The van der Waals surface area contributed by atoms with Crippen molar-refractivity contribution in [1.29, 1.82) is 0 Å². The quantitative estimate of drug-likeness (QED) is 0.619. The maximum atomic E-state index is 5.47. The van der Waals surface area contributed by atoms with Crippen LogP contribution in [0.1, 0.15) is 33.1 Å². The van der Waals surface area contributed by atoms with Gasteiger partial charge >= 0.3 is 0 Å². The lowest BCUT2D eigenvalue weighted by Gasteiger charge is -2.16. The first-order valence-electron chi connectivity index (χ1n) is 4.62. The molecule has 0 aliphatic heterocycles. The highest BCUT2D eigenvalue weighted by Gasteiger charge is 2.21. The monoisotopic (exact) mass is 153 g/mol. The van der Waals surface area contributed by atoms with Crippen molar-refractivity contribution >= 4 is 0 Å². The van der Waals surface area contributed by atoms with Gasteiger partial charge in [0.05, 0.1) is 0 Å². The molecule has 1 nitrogen and oxygen atoms in total. The van der Waals surface area contributed by atoms with E-state index in [4.69, 9.17) is 5.73 Å². The first-order valence-corrected chi connectivity index (χ1v) is 4.62. The summed E-state index contributed by atoms with van der Waals surface area (Å²) >= 11 is 0. The fraction of sp³-hybridized carbons (Fsp3) is 0.800. The van der Waals surface area contributed by atoms with Gasteiger partial charge in [0.2, 0.25) is 0 Å². The largest absolute Gasteiger partial charge is 0.330 e. The minimum absolute atomic E-state index is 0.807. The highest BCUT2D eigenvalue weighted by atomic mass is 14.5. The molecule has 0 heterocycles. The van der Waals surface area contributed by atoms with E-state index in [0.717, 1.165) is 18.4 Å². The van der Waals surface area contributed by atoms with Gasteiger partial charge in [0.1, 0.15) is 0 Å². The van der Waals surface area contributed by atoms with E-state index in [2.05, 4.69) is 19.9 Å². The Morgan fingerprint density at radius 3 is 2.82 bits per heavy atom. The van der Waals surface area contributed by atoms with E-state index < -0.39 is 0 Å². The molecule has 0 bridgehead atoms. The fourth-order valence-corrected chi connectivity index (χ4v) is 1.85. The second kappa shape index (κ2) is 3.91. The van der Waals surface area contributed by atoms with Crippen LogP contribution in [0.5, 0.6) is 0 Å². The van der Waals surface area contributed by atoms with Crippen LogP contribution in [0.4, 0.5) is 0 Å². The number of hydrogen-bond acceptors (Lipinski definition) is 1. The van der Waals surface area contributed by atoms with Crippen molar-refractivity contribution in [2.45, 2.75) is 33.1 Å². The second-order valence-electron chi connectivity index (χ2n) is 3.66. The molecule has 1 rings (SSSR count). The van der Waals surface area contributed by atoms with Crippen LogP contribution in [0.3, 0.4) is 0 Å². The maximum Gasteiger partial charge on any atom is -0.00772 e. The highest BCUT2D eigenvalue weighted by Crippen LogP contribution is 2.33. The molecule has 1 aliphatic rings. The molecule has 2 N–H and O–H groups in total. The van der Waals surface area contributed by atoms with Crippen LogP contribution in [0.2, 0.25) is 0 Å². The van der Waals surface area contributed by atoms with Crippen molar-refractivity contribution < 1.29 is 0 Å². The van der Waals surface area contributed by atoms with Crippen LogP contribution in [0.25, 0.3) is 0 Å². The van der Waals surface area contributed by atoms with Crippen LogP contribution in [0, 0.1) is 11.8 Å². The molecular weight excluding hydrogens is 134 g/mol. The molecule has 0 saturated carbocycles. The molecule has 0 fully saturated rings. The molecule has 0 spiro atoms. The predicted molar refractivity (Wildman–Crippen MR) is 49.3 cm³/mol.